The third-order valence-electron chi connectivity index (χ3n) is 4.06. The monoisotopic (exact) mass is 406 g/mol. The quantitative estimate of drug-likeness (QED) is 0.474. The van der Waals surface area contributed by atoms with E-state index in [1.807, 2.05) is 58.1 Å². The molecule has 146 valence electrons. The number of carbonyl (C=O) groups excluding carboxylic acids is 1. The van der Waals surface area contributed by atoms with Gasteiger partial charge in [-0.3, -0.25) is 14.5 Å². The number of nitrogens with one attached hydrogen (secondary N) is 1. The summed E-state index contributed by atoms with van der Waals surface area (Å²) in [7, 11) is 1.57. The van der Waals surface area contributed by atoms with Crippen LogP contribution in [0.25, 0.3) is 11.4 Å². The van der Waals surface area contributed by atoms with E-state index < -0.39 is 0 Å². The molecule has 0 aliphatic rings. The van der Waals surface area contributed by atoms with Gasteiger partial charge < -0.3 is 10.1 Å². The third kappa shape index (κ3) is 4.14. The summed E-state index contributed by atoms with van der Waals surface area (Å²) < 4.78 is 8.98. The molecule has 1 amide bonds. The molecule has 8 nitrogen and oxygen atoms in total. The van der Waals surface area contributed by atoms with Crippen LogP contribution < -0.4 is 10.1 Å². The van der Waals surface area contributed by atoms with E-state index in [1.54, 1.807) is 31.6 Å². The molecule has 9 heteroatoms. The fourth-order valence-electron chi connectivity index (χ4n) is 2.76. The van der Waals surface area contributed by atoms with E-state index in [4.69, 9.17) is 4.74 Å². The second-order valence-electron chi connectivity index (χ2n) is 5.96. The first kappa shape index (κ1) is 18.8. The van der Waals surface area contributed by atoms with E-state index in [2.05, 4.69) is 20.5 Å². The Bertz CT molecular complexity index is 1100. The van der Waals surface area contributed by atoms with Crippen molar-refractivity contribution in [1.82, 2.24) is 24.5 Å². The van der Waals surface area contributed by atoms with E-state index in [9.17, 15) is 4.79 Å². The van der Waals surface area contributed by atoms with Gasteiger partial charge in [0.2, 0.25) is 11.1 Å². The van der Waals surface area contributed by atoms with Gasteiger partial charge in [-0.05, 0) is 36.4 Å². The first-order valence-corrected chi connectivity index (χ1v) is 9.80. The van der Waals surface area contributed by atoms with Crippen molar-refractivity contribution in [3.63, 3.8) is 0 Å². The van der Waals surface area contributed by atoms with Gasteiger partial charge >= 0.3 is 0 Å². The van der Waals surface area contributed by atoms with Crippen LogP contribution in [0.2, 0.25) is 0 Å². The van der Waals surface area contributed by atoms with Crippen molar-refractivity contribution in [2.75, 3.05) is 18.2 Å². The maximum Gasteiger partial charge on any atom is 0.234 e. The molecule has 3 heterocycles. The minimum atomic E-state index is -0.163. The molecule has 0 saturated carbocycles. The molecule has 0 fully saturated rings. The van der Waals surface area contributed by atoms with E-state index in [0.717, 1.165) is 5.56 Å². The summed E-state index contributed by atoms with van der Waals surface area (Å²) in [4.78, 5) is 16.6. The summed E-state index contributed by atoms with van der Waals surface area (Å²) in [5, 5.41) is 12.1. The van der Waals surface area contributed by atoms with Gasteiger partial charge in [0.1, 0.15) is 5.75 Å². The number of carbonyl (C=O) groups is 1. The van der Waals surface area contributed by atoms with Crippen LogP contribution in [0.4, 0.5) is 5.69 Å². The number of hydrogen-bond acceptors (Lipinski definition) is 6. The molecule has 1 aromatic carbocycles. The van der Waals surface area contributed by atoms with Gasteiger partial charge in [-0.15, -0.1) is 10.2 Å². The number of anilines is 1. The number of methoxy groups -OCH3 is 1. The second kappa shape index (κ2) is 8.61. The summed E-state index contributed by atoms with van der Waals surface area (Å²) in [6, 6.07) is 14.9. The van der Waals surface area contributed by atoms with Gasteiger partial charge in [-0.1, -0.05) is 23.9 Å². The minimum Gasteiger partial charge on any atom is -0.495 e. The zero-order valence-electron chi connectivity index (χ0n) is 15.6. The predicted molar refractivity (Wildman–Crippen MR) is 111 cm³/mol. The lowest BCUT2D eigenvalue weighted by atomic mass is 10.3. The number of nitrogens with zero attached hydrogens (tertiary/aromatic N) is 5. The van der Waals surface area contributed by atoms with Crippen molar-refractivity contribution in [3.8, 4) is 17.1 Å². The molecule has 0 radical (unpaired) electrons. The molecular formula is C20H18N6O2S. The highest BCUT2D eigenvalue weighted by Crippen LogP contribution is 2.26. The second-order valence-corrected chi connectivity index (χ2v) is 6.90. The molecule has 0 bridgehead atoms. The fraction of sp³-hybridized carbons (Fsp3) is 0.100. The number of aromatic nitrogens is 5. The van der Waals surface area contributed by atoms with E-state index in [1.165, 1.54) is 11.8 Å². The number of amides is 1. The van der Waals surface area contributed by atoms with Crippen molar-refractivity contribution >= 4 is 23.4 Å². The van der Waals surface area contributed by atoms with Crippen LogP contribution in [-0.2, 0) is 4.79 Å². The highest BCUT2D eigenvalue weighted by Gasteiger charge is 2.17. The highest BCUT2D eigenvalue weighted by molar-refractivity contribution is 7.99. The zero-order chi connectivity index (χ0) is 20.1. The SMILES string of the molecule is COc1ccccc1NC(=O)CSc1nnc(-c2cccnc2)n1-n1cccc1. The Labute approximate surface area is 171 Å². The Balaban J connectivity index is 1.55. The van der Waals surface area contributed by atoms with Gasteiger partial charge in [0.15, 0.2) is 5.82 Å². The Kier molecular flexibility index (Phi) is 5.57. The van der Waals surface area contributed by atoms with Gasteiger partial charge in [-0.2, -0.15) is 0 Å². The standard InChI is InChI=1S/C20H18N6O2S/c1-28-17-9-3-2-8-16(17)22-18(27)14-29-20-24-23-19(15-7-6-10-21-13-15)26(20)25-11-4-5-12-25/h2-13H,14H2,1H3,(H,22,27). The number of thioether (sulfide) groups is 1. The summed E-state index contributed by atoms with van der Waals surface area (Å²) >= 11 is 1.30. The Morgan fingerprint density at radius 1 is 1.10 bits per heavy atom. The molecule has 0 unspecified atom stereocenters. The van der Waals surface area contributed by atoms with Crippen LogP contribution in [0, 0.1) is 0 Å². The number of pyridine rings is 1. The molecule has 29 heavy (non-hydrogen) atoms. The van der Waals surface area contributed by atoms with Crippen LogP contribution in [0.1, 0.15) is 0 Å². The minimum absolute atomic E-state index is 0.163. The molecule has 0 spiro atoms. The molecule has 0 atom stereocenters. The maximum absolute atomic E-state index is 12.5. The van der Waals surface area contributed by atoms with Gasteiger partial charge in [0, 0.05) is 30.4 Å². The lowest BCUT2D eigenvalue weighted by Crippen LogP contribution is -2.16. The molecule has 4 rings (SSSR count). The molecular weight excluding hydrogens is 388 g/mol. The van der Waals surface area contributed by atoms with Crippen molar-refractivity contribution in [2.24, 2.45) is 0 Å². The average molecular weight is 406 g/mol. The molecule has 1 N–H and O–H groups in total. The van der Waals surface area contributed by atoms with Crippen molar-refractivity contribution in [2.45, 2.75) is 5.16 Å². The van der Waals surface area contributed by atoms with Gasteiger partial charge in [0.05, 0.1) is 18.6 Å². The first-order valence-electron chi connectivity index (χ1n) is 8.81. The summed E-state index contributed by atoms with van der Waals surface area (Å²) in [6.07, 6.45) is 7.22. The zero-order valence-corrected chi connectivity index (χ0v) is 16.4. The molecule has 3 aromatic heterocycles. The molecule has 0 aliphatic heterocycles. The normalized spacial score (nSPS) is 10.7. The van der Waals surface area contributed by atoms with Crippen LogP contribution in [0.5, 0.6) is 5.75 Å². The molecule has 4 aromatic rings. The number of benzene rings is 1. The smallest absolute Gasteiger partial charge is 0.234 e. The number of para-hydroxylation sites is 2. The lowest BCUT2D eigenvalue weighted by molar-refractivity contribution is -0.113. The lowest BCUT2D eigenvalue weighted by Gasteiger charge is -2.12. The summed E-state index contributed by atoms with van der Waals surface area (Å²) in [6.45, 7) is 0. The number of hydrogen-bond donors (Lipinski definition) is 1. The van der Waals surface area contributed by atoms with Gasteiger partial charge in [-0.25, -0.2) is 4.68 Å². The Morgan fingerprint density at radius 3 is 2.69 bits per heavy atom. The van der Waals surface area contributed by atoms with Crippen LogP contribution in [-0.4, -0.2) is 43.3 Å². The highest BCUT2D eigenvalue weighted by atomic mass is 32.2. The van der Waals surface area contributed by atoms with Crippen molar-refractivity contribution < 1.29 is 9.53 Å². The summed E-state index contributed by atoms with van der Waals surface area (Å²) in [5.74, 6) is 1.26. The molecule has 0 saturated heterocycles. The number of rotatable bonds is 7. The largest absolute Gasteiger partial charge is 0.495 e. The van der Waals surface area contributed by atoms with E-state index in [-0.39, 0.29) is 11.7 Å². The first-order chi connectivity index (χ1) is 14.3. The van der Waals surface area contributed by atoms with Gasteiger partial charge in [0.25, 0.3) is 0 Å². The number of ether oxygens (including phenoxy) is 1. The van der Waals surface area contributed by atoms with E-state index >= 15 is 0 Å². The third-order valence-corrected chi connectivity index (χ3v) is 4.98. The topological polar surface area (TPSA) is 86.9 Å². The van der Waals surface area contributed by atoms with Crippen LogP contribution in [0.3, 0.4) is 0 Å². The van der Waals surface area contributed by atoms with Crippen LogP contribution >= 0.6 is 11.8 Å². The predicted octanol–water partition coefficient (Wildman–Crippen LogP) is 3.19. The average Bonchev–Trinajstić information content (AvgIpc) is 3.43. The fourth-order valence-corrected chi connectivity index (χ4v) is 3.50. The van der Waals surface area contributed by atoms with E-state index in [0.29, 0.717) is 22.4 Å². The van der Waals surface area contributed by atoms with Crippen molar-refractivity contribution in [1.29, 1.82) is 0 Å². The Morgan fingerprint density at radius 2 is 1.93 bits per heavy atom. The van der Waals surface area contributed by atoms with Crippen LogP contribution in [0.15, 0.2) is 78.5 Å². The van der Waals surface area contributed by atoms with Crippen molar-refractivity contribution in [3.05, 3.63) is 73.3 Å². The maximum atomic E-state index is 12.5. The molecule has 0 aliphatic carbocycles. The summed E-state index contributed by atoms with van der Waals surface area (Å²) in [5.41, 5.74) is 1.46. The Hall–Kier alpha value is -3.59.